The highest BCUT2D eigenvalue weighted by Gasteiger charge is 2.24. The van der Waals surface area contributed by atoms with Gasteiger partial charge in [-0.05, 0) is 37.7 Å². The molecule has 1 atom stereocenters. The second kappa shape index (κ2) is 7.53. The van der Waals surface area contributed by atoms with E-state index in [1.54, 1.807) is 18.1 Å². The maximum atomic E-state index is 5.69. The molecule has 1 saturated carbocycles. The number of aromatic nitrogens is 5. The molecule has 4 heterocycles. The van der Waals surface area contributed by atoms with Crippen molar-refractivity contribution >= 4 is 28.0 Å². The van der Waals surface area contributed by atoms with Crippen molar-refractivity contribution in [2.24, 2.45) is 16.6 Å². The lowest BCUT2D eigenvalue weighted by molar-refractivity contribution is 0.277. The van der Waals surface area contributed by atoms with Gasteiger partial charge >= 0.3 is 0 Å². The molecule has 1 aliphatic heterocycles. The Balaban J connectivity index is 1.21. The van der Waals surface area contributed by atoms with Crippen molar-refractivity contribution in [1.29, 1.82) is 0 Å². The highest BCUT2D eigenvalue weighted by molar-refractivity contribution is 8.13. The summed E-state index contributed by atoms with van der Waals surface area (Å²) in [5.74, 6) is 1.78. The molecule has 146 valence electrons. The fraction of sp³-hybridized carbons (Fsp3) is 0.444. The van der Waals surface area contributed by atoms with Gasteiger partial charge in [-0.3, -0.25) is 15.8 Å². The molecule has 5 rings (SSSR count). The van der Waals surface area contributed by atoms with Crippen LogP contribution in [0.15, 0.2) is 36.0 Å². The maximum absolute atomic E-state index is 5.69. The summed E-state index contributed by atoms with van der Waals surface area (Å²) in [5, 5.41) is 6.56. The minimum absolute atomic E-state index is 0.324. The number of H-pyrrole nitrogens is 1. The van der Waals surface area contributed by atoms with Crippen molar-refractivity contribution in [1.82, 2.24) is 35.6 Å². The Hall–Kier alpha value is -2.43. The van der Waals surface area contributed by atoms with E-state index in [1.807, 2.05) is 18.5 Å². The summed E-state index contributed by atoms with van der Waals surface area (Å²) in [6, 6.07) is 2.46. The van der Waals surface area contributed by atoms with Gasteiger partial charge in [0.15, 0.2) is 11.5 Å². The number of hydrogen-bond acceptors (Lipinski definition) is 8. The van der Waals surface area contributed by atoms with Crippen molar-refractivity contribution in [2.45, 2.75) is 38.0 Å². The average molecular weight is 398 g/mol. The normalized spacial score (nSPS) is 25.0. The largest absolute Gasteiger partial charge is 0.346 e. The number of hydrazine groups is 1. The summed E-state index contributed by atoms with van der Waals surface area (Å²) < 4.78 is 2.12. The van der Waals surface area contributed by atoms with Gasteiger partial charge in [-0.1, -0.05) is 11.8 Å². The van der Waals surface area contributed by atoms with Gasteiger partial charge in [-0.2, -0.15) is 10.5 Å². The molecule has 0 bridgehead atoms. The number of aromatic amines is 1. The lowest BCUT2D eigenvalue weighted by Crippen LogP contribution is -2.39. The molecular formula is C18H23N9S. The SMILES string of the molecule is NC1N=C(SCC2CCC(n3cc(-c4ncnc5[nH]ccc45)cn3)CC2)NN1. The molecule has 0 aromatic carbocycles. The zero-order valence-corrected chi connectivity index (χ0v) is 16.2. The third-order valence-corrected chi connectivity index (χ3v) is 6.58. The van der Waals surface area contributed by atoms with Crippen LogP contribution in [0.3, 0.4) is 0 Å². The predicted molar refractivity (Wildman–Crippen MR) is 110 cm³/mol. The molecule has 3 aromatic rings. The first-order chi connectivity index (χ1) is 13.8. The number of amidine groups is 1. The number of nitrogens with one attached hydrogen (secondary N) is 3. The van der Waals surface area contributed by atoms with Gasteiger partial charge in [0, 0.05) is 29.1 Å². The smallest absolute Gasteiger partial charge is 0.174 e. The highest BCUT2D eigenvalue weighted by atomic mass is 32.2. The molecular weight excluding hydrogens is 374 g/mol. The molecule has 2 aliphatic rings. The molecule has 0 spiro atoms. The summed E-state index contributed by atoms with van der Waals surface area (Å²) in [4.78, 5) is 16.2. The molecule has 1 aliphatic carbocycles. The van der Waals surface area contributed by atoms with E-state index in [-0.39, 0.29) is 6.29 Å². The van der Waals surface area contributed by atoms with Gasteiger partial charge in [0.05, 0.1) is 17.9 Å². The van der Waals surface area contributed by atoms with Crippen molar-refractivity contribution in [3.8, 4) is 11.3 Å². The highest BCUT2D eigenvalue weighted by Crippen LogP contribution is 2.35. The summed E-state index contributed by atoms with van der Waals surface area (Å²) in [7, 11) is 0. The molecule has 1 unspecified atom stereocenters. The monoisotopic (exact) mass is 397 g/mol. The maximum Gasteiger partial charge on any atom is 0.174 e. The number of thioether (sulfide) groups is 1. The van der Waals surface area contributed by atoms with Crippen LogP contribution < -0.4 is 16.6 Å². The van der Waals surface area contributed by atoms with Crippen LogP contribution in [0.25, 0.3) is 22.3 Å². The Morgan fingerprint density at radius 3 is 2.93 bits per heavy atom. The van der Waals surface area contributed by atoms with E-state index in [0.717, 1.165) is 46.1 Å². The van der Waals surface area contributed by atoms with E-state index in [0.29, 0.717) is 12.0 Å². The Kier molecular flexibility index (Phi) is 4.75. The van der Waals surface area contributed by atoms with Gasteiger partial charge in [-0.15, -0.1) is 0 Å². The number of nitrogens with two attached hydrogens (primary N) is 1. The first-order valence-electron chi connectivity index (χ1n) is 9.56. The van der Waals surface area contributed by atoms with Gasteiger partial charge in [0.2, 0.25) is 0 Å². The average Bonchev–Trinajstić information content (AvgIpc) is 3.47. The van der Waals surface area contributed by atoms with E-state index in [9.17, 15) is 0 Å². The van der Waals surface area contributed by atoms with Crippen LogP contribution in [-0.4, -0.2) is 41.9 Å². The first kappa shape index (κ1) is 17.7. The molecule has 3 aromatic heterocycles. The van der Waals surface area contributed by atoms with Crippen LogP contribution in [0, 0.1) is 5.92 Å². The van der Waals surface area contributed by atoms with E-state index in [4.69, 9.17) is 5.73 Å². The van der Waals surface area contributed by atoms with Gasteiger partial charge in [0.1, 0.15) is 12.0 Å². The van der Waals surface area contributed by atoms with E-state index in [1.165, 1.54) is 12.8 Å². The quantitative estimate of drug-likeness (QED) is 0.531. The number of rotatable bonds is 4. The molecule has 9 nitrogen and oxygen atoms in total. The second-order valence-electron chi connectivity index (χ2n) is 7.31. The van der Waals surface area contributed by atoms with Crippen molar-refractivity contribution in [3.05, 3.63) is 31.0 Å². The first-order valence-corrected chi connectivity index (χ1v) is 10.5. The predicted octanol–water partition coefficient (Wildman–Crippen LogP) is 1.99. The summed E-state index contributed by atoms with van der Waals surface area (Å²) in [6.07, 6.45) is 11.9. The van der Waals surface area contributed by atoms with E-state index in [2.05, 4.69) is 46.8 Å². The second-order valence-corrected chi connectivity index (χ2v) is 8.31. The Morgan fingerprint density at radius 1 is 1.21 bits per heavy atom. The fourth-order valence-electron chi connectivity index (χ4n) is 3.94. The third kappa shape index (κ3) is 3.50. The lowest BCUT2D eigenvalue weighted by Gasteiger charge is -2.28. The molecule has 0 amide bonds. The Morgan fingerprint density at radius 2 is 2.11 bits per heavy atom. The Labute approximate surface area is 166 Å². The van der Waals surface area contributed by atoms with Gasteiger partial charge in [0.25, 0.3) is 0 Å². The Bertz CT molecular complexity index is 986. The molecule has 28 heavy (non-hydrogen) atoms. The van der Waals surface area contributed by atoms with Gasteiger partial charge in [-0.25, -0.2) is 15.0 Å². The minimum atomic E-state index is -0.324. The molecule has 1 fully saturated rings. The van der Waals surface area contributed by atoms with Crippen LogP contribution in [-0.2, 0) is 0 Å². The zero-order chi connectivity index (χ0) is 18.9. The van der Waals surface area contributed by atoms with Crippen LogP contribution in [0.1, 0.15) is 31.7 Å². The summed E-state index contributed by atoms with van der Waals surface area (Å²) in [6.45, 7) is 0. The van der Waals surface area contributed by atoms with Crippen LogP contribution in [0.2, 0.25) is 0 Å². The summed E-state index contributed by atoms with van der Waals surface area (Å²) in [5.41, 5.74) is 14.4. The molecule has 5 N–H and O–H groups in total. The number of fused-ring (bicyclic) bond motifs is 1. The van der Waals surface area contributed by atoms with Gasteiger partial charge < -0.3 is 4.98 Å². The van der Waals surface area contributed by atoms with E-state index >= 15 is 0 Å². The van der Waals surface area contributed by atoms with Crippen LogP contribution >= 0.6 is 11.8 Å². The van der Waals surface area contributed by atoms with Crippen molar-refractivity contribution < 1.29 is 0 Å². The van der Waals surface area contributed by atoms with Crippen LogP contribution in [0.5, 0.6) is 0 Å². The van der Waals surface area contributed by atoms with Crippen molar-refractivity contribution in [2.75, 3.05) is 5.75 Å². The fourth-order valence-corrected chi connectivity index (χ4v) is 4.98. The standard InChI is InChI=1S/C18H23N9S/c19-17-24-18(26-25-17)28-9-11-1-3-13(4-2-11)27-8-12(7-23-27)15-14-5-6-20-16(14)22-10-21-15/h5-8,10-11,13,17,25H,1-4,9,19H2,(H,24,26)(H,20,21,22). The minimum Gasteiger partial charge on any atom is -0.346 e. The van der Waals surface area contributed by atoms with E-state index < -0.39 is 0 Å². The molecule has 0 radical (unpaired) electrons. The summed E-state index contributed by atoms with van der Waals surface area (Å²) >= 11 is 1.75. The number of hydrogen-bond donors (Lipinski definition) is 4. The number of nitrogens with zero attached hydrogens (tertiary/aromatic N) is 5. The number of aliphatic imine (C=N–C) groups is 1. The lowest BCUT2D eigenvalue weighted by atomic mass is 9.87. The third-order valence-electron chi connectivity index (χ3n) is 5.46. The van der Waals surface area contributed by atoms with Crippen molar-refractivity contribution in [3.63, 3.8) is 0 Å². The van der Waals surface area contributed by atoms with Crippen LogP contribution in [0.4, 0.5) is 0 Å². The molecule has 0 saturated heterocycles. The molecule has 10 heteroatoms. The topological polar surface area (TPSA) is 122 Å². The zero-order valence-electron chi connectivity index (χ0n) is 15.4.